The monoisotopic (exact) mass is 403 g/mol. The third-order valence-electron chi connectivity index (χ3n) is 5.59. The van der Waals surface area contributed by atoms with Crippen molar-refractivity contribution in [2.75, 3.05) is 57.3 Å². The second-order valence-electron chi connectivity index (χ2n) is 7.16. The fourth-order valence-electron chi connectivity index (χ4n) is 3.89. The van der Waals surface area contributed by atoms with Crippen LogP contribution < -0.4 is 4.90 Å². The predicted molar refractivity (Wildman–Crippen MR) is 109 cm³/mol. The number of rotatable bonds is 3. The van der Waals surface area contributed by atoms with Crippen molar-refractivity contribution in [3.05, 3.63) is 24.3 Å². The Morgan fingerprint density at radius 1 is 1.14 bits per heavy atom. The summed E-state index contributed by atoms with van der Waals surface area (Å²) in [6.07, 6.45) is -1.01. The molecule has 8 nitrogen and oxygen atoms in total. The molecule has 1 atom stereocenters. The van der Waals surface area contributed by atoms with Gasteiger partial charge in [0.05, 0.1) is 10.2 Å². The zero-order valence-electron chi connectivity index (χ0n) is 16.0. The fraction of sp³-hybridized carbons (Fsp3) is 0.526. The van der Waals surface area contributed by atoms with E-state index in [9.17, 15) is 14.7 Å². The number of aromatic nitrogens is 1. The average Bonchev–Trinajstić information content (AvgIpc) is 3.17. The first kappa shape index (κ1) is 18.9. The highest BCUT2D eigenvalue weighted by Gasteiger charge is 2.38. The maximum absolute atomic E-state index is 13.1. The summed E-state index contributed by atoms with van der Waals surface area (Å²) >= 11 is 1.67. The van der Waals surface area contributed by atoms with Gasteiger partial charge in [-0.2, -0.15) is 0 Å². The van der Waals surface area contributed by atoms with E-state index in [-0.39, 0.29) is 5.91 Å². The molecule has 9 heteroatoms. The Hall–Kier alpha value is -2.39. The van der Waals surface area contributed by atoms with Crippen molar-refractivity contribution in [1.29, 1.82) is 0 Å². The highest BCUT2D eigenvalue weighted by atomic mass is 32.1. The Labute approximate surface area is 167 Å². The van der Waals surface area contributed by atoms with Crippen molar-refractivity contribution in [2.45, 2.75) is 13.0 Å². The number of fused-ring (bicyclic) bond motifs is 1. The van der Waals surface area contributed by atoms with Crippen LogP contribution in [0.25, 0.3) is 10.2 Å². The molecule has 2 amide bonds. The maximum atomic E-state index is 13.1. The van der Waals surface area contributed by atoms with Gasteiger partial charge >= 0.3 is 6.09 Å². The van der Waals surface area contributed by atoms with Gasteiger partial charge in [-0.3, -0.25) is 14.6 Å². The van der Waals surface area contributed by atoms with Crippen molar-refractivity contribution in [3.63, 3.8) is 0 Å². The molecule has 28 heavy (non-hydrogen) atoms. The number of carboxylic acid groups (broad SMARTS) is 1. The molecule has 3 heterocycles. The van der Waals surface area contributed by atoms with E-state index < -0.39 is 12.1 Å². The van der Waals surface area contributed by atoms with Gasteiger partial charge in [-0.25, -0.2) is 9.78 Å². The Balaban J connectivity index is 1.42. The SMILES string of the molecule is CCN1CCN(C(=O)O)[C@@H](C(=O)N2CCN(c3nc4ccccc4s3)CC2)C1. The van der Waals surface area contributed by atoms with Crippen LogP contribution in [-0.4, -0.2) is 95.2 Å². The molecule has 2 aromatic rings. The molecular formula is C19H25N5O3S. The number of benzene rings is 1. The number of carbonyl (C=O) groups excluding carboxylic acids is 1. The van der Waals surface area contributed by atoms with Crippen molar-refractivity contribution in [3.8, 4) is 0 Å². The molecule has 0 bridgehead atoms. The van der Waals surface area contributed by atoms with Crippen LogP contribution in [0.15, 0.2) is 24.3 Å². The number of likely N-dealkylation sites (N-methyl/N-ethyl adjacent to an activating group) is 1. The van der Waals surface area contributed by atoms with Crippen molar-refractivity contribution >= 4 is 38.7 Å². The molecule has 0 saturated carbocycles. The quantitative estimate of drug-likeness (QED) is 0.839. The number of thiazole rings is 1. The summed E-state index contributed by atoms with van der Waals surface area (Å²) < 4.78 is 1.16. The van der Waals surface area contributed by atoms with E-state index in [1.165, 1.54) is 4.90 Å². The molecule has 0 aliphatic carbocycles. The van der Waals surface area contributed by atoms with E-state index in [1.54, 1.807) is 11.3 Å². The molecule has 0 radical (unpaired) electrons. The minimum absolute atomic E-state index is 0.0792. The summed E-state index contributed by atoms with van der Waals surface area (Å²) in [5, 5.41) is 10.5. The third kappa shape index (κ3) is 3.64. The van der Waals surface area contributed by atoms with E-state index in [0.717, 1.165) is 21.9 Å². The van der Waals surface area contributed by atoms with Crippen molar-refractivity contribution in [2.24, 2.45) is 0 Å². The number of para-hydroxylation sites is 1. The number of hydrogen-bond donors (Lipinski definition) is 1. The molecule has 2 aliphatic rings. The Bertz CT molecular complexity index is 831. The topological polar surface area (TPSA) is 80.2 Å². The van der Waals surface area contributed by atoms with Crippen LogP contribution in [0, 0.1) is 0 Å². The lowest BCUT2D eigenvalue weighted by molar-refractivity contribution is -0.138. The minimum Gasteiger partial charge on any atom is -0.465 e. The summed E-state index contributed by atoms with van der Waals surface area (Å²) in [6.45, 7) is 6.99. The molecule has 0 unspecified atom stereocenters. The van der Waals surface area contributed by atoms with Crippen LogP contribution in [-0.2, 0) is 4.79 Å². The summed E-state index contributed by atoms with van der Waals surface area (Å²) in [7, 11) is 0. The zero-order chi connectivity index (χ0) is 19.7. The normalized spacial score (nSPS) is 21.3. The summed E-state index contributed by atoms with van der Waals surface area (Å²) in [5.74, 6) is -0.0792. The molecule has 150 valence electrons. The lowest BCUT2D eigenvalue weighted by Crippen LogP contribution is -2.62. The molecule has 1 aromatic heterocycles. The van der Waals surface area contributed by atoms with E-state index in [0.29, 0.717) is 45.8 Å². The predicted octanol–water partition coefficient (Wildman–Crippen LogP) is 1.63. The number of hydrogen-bond acceptors (Lipinski definition) is 6. The number of piperazine rings is 2. The van der Waals surface area contributed by atoms with Gasteiger partial charge in [0.2, 0.25) is 5.91 Å². The number of anilines is 1. The molecule has 2 saturated heterocycles. The Morgan fingerprint density at radius 2 is 1.89 bits per heavy atom. The van der Waals surface area contributed by atoms with E-state index in [4.69, 9.17) is 4.98 Å². The van der Waals surface area contributed by atoms with Gasteiger partial charge in [-0.05, 0) is 18.7 Å². The van der Waals surface area contributed by atoms with Crippen LogP contribution in [0.2, 0.25) is 0 Å². The summed E-state index contributed by atoms with van der Waals surface area (Å²) in [6, 6.07) is 7.47. The smallest absolute Gasteiger partial charge is 0.408 e. The van der Waals surface area contributed by atoms with Gasteiger partial charge in [-0.15, -0.1) is 0 Å². The van der Waals surface area contributed by atoms with E-state index >= 15 is 0 Å². The van der Waals surface area contributed by atoms with Gasteiger partial charge in [0.25, 0.3) is 0 Å². The largest absolute Gasteiger partial charge is 0.465 e. The van der Waals surface area contributed by atoms with Gasteiger partial charge in [0.1, 0.15) is 6.04 Å². The van der Waals surface area contributed by atoms with Crippen LogP contribution in [0.4, 0.5) is 9.93 Å². The van der Waals surface area contributed by atoms with Crippen LogP contribution in [0.3, 0.4) is 0 Å². The lowest BCUT2D eigenvalue weighted by atomic mass is 10.1. The maximum Gasteiger partial charge on any atom is 0.408 e. The summed E-state index contributed by atoms with van der Waals surface area (Å²) in [5.41, 5.74) is 1.000. The van der Waals surface area contributed by atoms with Crippen molar-refractivity contribution in [1.82, 2.24) is 19.7 Å². The van der Waals surface area contributed by atoms with E-state index in [2.05, 4.69) is 15.9 Å². The summed E-state index contributed by atoms with van der Waals surface area (Å²) in [4.78, 5) is 36.8. The second-order valence-corrected chi connectivity index (χ2v) is 8.17. The number of amides is 2. The first-order valence-electron chi connectivity index (χ1n) is 9.68. The molecular weight excluding hydrogens is 378 g/mol. The minimum atomic E-state index is -1.01. The Kier molecular flexibility index (Phi) is 5.36. The van der Waals surface area contributed by atoms with Crippen molar-refractivity contribution < 1.29 is 14.7 Å². The van der Waals surface area contributed by atoms with Crippen LogP contribution in [0.5, 0.6) is 0 Å². The van der Waals surface area contributed by atoms with Crippen LogP contribution >= 0.6 is 11.3 Å². The molecule has 4 rings (SSSR count). The first-order chi connectivity index (χ1) is 13.6. The highest BCUT2D eigenvalue weighted by Crippen LogP contribution is 2.29. The lowest BCUT2D eigenvalue weighted by Gasteiger charge is -2.42. The number of nitrogens with zero attached hydrogens (tertiary/aromatic N) is 5. The molecule has 1 N–H and O–H groups in total. The zero-order valence-corrected chi connectivity index (χ0v) is 16.8. The third-order valence-corrected chi connectivity index (χ3v) is 6.68. The molecule has 1 aromatic carbocycles. The van der Waals surface area contributed by atoms with Crippen LogP contribution in [0.1, 0.15) is 6.92 Å². The fourth-order valence-corrected chi connectivity index (χ4v) is 4.91. The highest BCUT2D eigenvalue weighted by molar-refractivity contribution is 7.22. The molecule has 2 aliphatic heterocycles. The molecule has 0 spiro atoms. The molecule has 2 fully saturated rings. The van der Waals surface area contributed by atoms with Gasteiger partial charge in [0, 0.05) is 45.8 Å². The van der Waals surface area contributed by atoms with Gasteiger partial charge in [-0.1, -0.05) is 30.4 Å². The Morgan fingerprint density at radius 3 is 2.57 bits per heavy atom. The van der Waals surface area contributed by atoms with Gasteiger partial charge in [0.15, 0.2) is 5.13 Å². The standard InChI is InChI=1S/C19H25N5O3S/c1-2-21-7-12-24(19(26)27)15(13-21)17(25)22-8-10-23(11-9-22)18-20-14-5-3-4-6-16(14)28-18/h3-6,15H,2,7-13H2,1H3,(H,26,27)/t15-/m1/s1. The van der Waals surface area contributed by atoms with E-state index in [1.807, 2.05) is 30.0 Å². The average molecular weight is 404 g/mol. The first-order valence-corrected chi connectivity index (χ1v) is 10.5. The number of carbonyl (C=O) groups is 2. The second kappa shape index (κ2) is 7.92. The van der Waals surface area contributed by atoms with Gasteiger partial charge < -0.3 is 14.9 Å².